The van der Waals surface area contributed by atoms with Gasteiger partial charge < -0.3 is 10.2 Å². The van der Waals surface area contributed by atoms with Gasteiger partial charge in [0.2, 0.25) is 0 Å². The monoisotopic (exact) mass is 490 g/mol. The maximum absolute atomic E-state index is 10.1. The van der Waals surface area contributed by atoms with Crippen LogP contribution in [0.3, 0.4) is 0 Å². The van der Waals surface area contributed by atoms with Crippen molar-refractivity contribution in [3.63, 3.8) is 0 Å². The van der Waals surface area contributed by atoms with E-state index in [1.165, 1.54) is 11.1 Å². The zero-order valence-electron chi connectivity index (χ0n) is 13.1. The average molecular weight is 492 g/mol. The molecule has 0 amide bonds. The fourth-order valence-electron chi connectivity index (χ4n) is 1.98. The molecule has 2 rings (SSSR count). The van der Waals surface area contributed by atoms with Crippen molar-refractivity contribution in [2.45, 2.75) is 23.7 Å². The Morgan fingerprint density at radius 1 is 0.667 bits per heavy atom. The molecule has 0 saturated carbocycles. The summed E-state index contributed by atoms with van der Waals surface area (Å²) in [6, 6.07) is 16.3. The summed E-state index contributed by atoms with van der Waals surface area (Å²) in [6.07, 6.45) is -1.38. The van der Waals surface area contributed by atoms with Crippen LogP contribution in [0.4, 0.5) is 0 Å². The van der Waals surface area contributed by atoms with Crippen LogP contribution < -0.4 is 0 Å². The van der Waals surface area contributed by atoms with Gasteiger partial charge in [0.05, 0.1) is 12.2 Å². The molecule has 2 aromatic carbocycles. The minimum atomic E-state index is -0.692. The Bertz CT molecular complexity index is 550. The highest BCUT2D eigenvalue weighted by molar-refractivity contribution is 9.10. The van der Waals surface area contributed by atoms with Gasteiger partial charge in [0.1, 0.15) is 0 Å². The molecule has 0 aliphatic rings. The van der Waals surface area contributed by atoms with Gasteiger partial charge in [-0.3, -0.25) is 0 Å². The first-order valence-electron chi connectivity index (χ1n) is 7.55. The first-order chi connectivity index (χ1) is 11.5. The molecule has 0 unspecified atom stereocenters. The van der Waals surface area contributed by atoms with Gasteiger partial charge in [-0.15, -0.1) is 0 Å². The Morgan fingerprint density at radius 3 is 1.33 bits per heavy atom. The highest BCUT2D eigenvalue weighted by atomic mass is 79.9. The summed E-state index contributed by atoms with van der Waals surface area (Å²) in [6.45, 7) is 0. The zero-order chi connectivity index (χ0) is 17.4. The molecule has 0 aliphatic heterocycles. The molecule has 2 aromatic rings. The highest BCUT2D eigenvalue weighted by Gasteiger charge is 2.16. The molecule has 0 saturated heterocycles. The zero-order valence-corrected chi connectivity index (χ0v) is 17.9. The van der Waals surface area contributed by atoms with Crippen LogP contribution in [0.5, 0.6) is 0 Å². The second-order valence-electron chi connectivity index (χ2n) is 5.42. The van der Waals surface area contributed by atoms with E-state index in [1.807, 2.05) is 24.3 Å². The van der Waals surface area contributed by atoms with Crippen molar-refractivity contribution in [1.82, 2.24) is 0 Å². The first kappa shape index (κ1) is 20.3. The lowest BCUT2D eigenvalue weighted by Gasteiger charge is -2.17. The Hall–Kier alpha value is 0.0200. The predicted octanol–water partition coefficient (Wildman–Crippen LogP) is 5.10. The maximum Gasteiger partial charge on any atom is 0.0897 e. The SMILES string of the molecule is O[C@H](CSCc1ccc(Br)cc1)[C@H](O)CSCc1ccc(Br)cc1. The van der Waals surface area contributed by atoms with E-state index in [4.69, 9.17) is 0 Å². The number of hydrogen-bond donors (Lipinski definition) is 2. The van der Waals surface area contributed by atoms with Crippen LogP contribution in [0.15, 0.2) is 57.5 Å². The summed E-state index contributed by atoms with van der Waals surface area (Å²) >= 11 is 10.1. The van der Waals surface area contributed by atoms with Crippen LogP contribution in [0, 0.1) is 0 Å². The minimum Gasteiger partial charge on any atom is -0.390 e. The molecule has 2 nitrogen and oxygen atoms in total. The summed E-state index contributed by atoms with van der Waals surface area (Å²) < 4.78 is 2.13. The third kappa shape index (κ3) is 7.50. The molecular weight excluding hydrogens is 472 g/mol. The smallest absolute Gasteiger partial charge is 0.0897 e. The normalized spacial score (nSPS) is 13.7. The second-order valence-corrected chi connectivity index (χ2v) is 9.31. The summed E-state index contributed by atoms with van der Waals surface area (Å²) in [7, 11) is 0. The van der Waals surface area contributed by atoms with Gasteiger partial charge in [-0.1, -0.05) is 56.1 Å². The van der Waals surface area contributed by atoms with E-state index in [9.17, 15) is 10.2 Å². The minimum absolute atomic E-state index is 0.538. The van der Waals surface area contributed by atoms with Gasteiger partial charge in [-0.05, 0) is 35.4 Å². The van der Waals surface area contributed by atoms with Crippen molar-refractivity contribution >= 4 is 55.4 Å². The Kier molecular flexibility index (Phi) is 9.22. The Morgan fingerprint density at radius 2 is 1.00 bits per heavy atom. The molecule has 0 spiro atoms. The number of aliphatic hydroxyl groups is 2. The Balaban J connectivity index is 1.63. The van der Waals surface area contributed by atoms with Crippen molar-refractivity contribution in [2.24, 2.45) is 0 Å². The largest absolute Gasteiger partial charge is 0.390 e. The standard InChI is InChI=1S/C18H20Br2O2S2/c19-15-5-1-13(2-6-15)9-23-11-17(21)18(22)12-24-10-14-3-7-16(20)8-4-14/h1-8,17-18,21-22H,9-12H2/t17-,18-/m1/s1. The predicted molar refractivity (Wildman–Crippen MR) is 113 cm³/mol. The molecule has 130 valence electrons. The summed E-state index contributed by atoms with van der Waals surface area (Å²) in [5, 5.41) is 20.2. The fourth-order valence-corrected chi connectivity index (χ4v) is 4.53. The van der Waals surface area contributed by atoms with E-state index < -0.39 is 12.2 Å². The molecule has 0 heterocycles. The van der Waals surface area contributed by atoms with E-state index in [1.54, 1.807) is 23.5 Å². The highest BCUT2D eigenvalue weighted by Crippen LogP contribution is 2.20. The lowest BCUT2D eigenvalue weighted by Crippen LogP contribution is -2.30. The summed E-state index contributed by atoms with van der Waals surface area (Å²) in [5.41, 5.74) is 2.43. The Labute approximate surface area is 168 Å². The van der Waals surface area contributed by atoms with E-state index in [0.717, 1.165) is 20.5 Å². The van der Waals surface area contributed by atoms with Crippen molar-refractivity contribution in [3.05, 3.63) is 68.6 Å². The maximum atomic E-state index is 10.1. The van der Waals surface area contributed by atoms with Gasteiger partial charge in [-0.25, -0.2) is 0 Å². The molecule has 6 heteroatoms. The van der Waals surface area contributed by atoms with Gasteiger partial charge in [0.25, 0.3) is 0 Å². The topological polar surface area (TPSA) is 40.5 Å². The number of halogens is 2. The first-order valence-corrected chi connectivity index (χ1v) is 11.4. The van der Waals surface area contributed by atoms with Crippen LogP contribution in [-0.2, 0) is 11.5 Å². The molecule has 0 radical (unpaired) electrons. The molecule has 2 N–H and O–H groups in total. The van der Waals surface area contributed by atoms with Crippen LogP contribution in [0.1, 0.15) is 11.1 Å². The number of rotatable bonds is 9. The molecule has 2 atom stereocenters. The van der Waals surface area contributed by atoms with Gasteiger partial charge in [0, 0.05) is 32.0 Å². The van der Waals surface area contributed by atoms with Gasteiger partial charge >= 0.3 is 0 Å². The summed E-state index contributed by atoms with van der Waals surface area (Å²) in [5.74, 6) is 2.75. The molecule has 0 aliphatic carbocycles. The van der Waals surface area contributed by atoms with E-state index in [-0.39, 0.29) is 0 Å². The lowest BCUT2D eigenvalue weighted by atomic mass is 10.2. The molecular formula is C18H20Br2O2S2. The number of benzene rings is 2. The van der Waals surface area contributed by atoms with Gasteiger partial charge in [0.15, 0.2) is 0 Å². The van der Waals surface area contributed by atoms with E-state index >= 15 is 0 Å². The summed E-state index contributed by atoms with van der Waals surface area (Å²) in [4.78, 5) is 0. The average Bonchev–Trinajstić information content (AvgIpc) is 2.58. The number of thioether (sulfide) groups is 2. The van der Waals surface area contributed by atoms with Crippen molar-refractivity contribution < 1.29 is 10.2 Å². The third-order valence-electron chi connectivity index (χ3n) is 3.39. The van der Waals surface area contributed by atoms with Crippen molar-refractivity contribution in [1.29, 1.82) is 0 Å². The van der Waals surface area contributed by atoms with Crippen LogP contribution in [-0.4, -0.2) is 33.9 Å². The van der Waals surface area contributed by atoms with E-state index in [2.05, 4.69) is 56.1 Å². The van der Waals surface area contributed by atoms with Crippen LogP contribution in [0.2, 0.25) is 0 Å². The lowest BCUT2D eigenvalue weighted by molar-refractivity contribution is 0.0500. The van der Waals surface area contributed by atoms with Gasteiger partial charge in [-0.2, -0.15) is 23.5 Å². The number of hydrogen-bond acceptors (Lipinski definition) is 4. The molecule has 0 bridgehead atoms. The number of aliphatic hydroxyl groups excluding tert-OH is 2. The van der Waals surface area contributed by atoms with Crippen molar-refractivity contribution in [3.8, 4) is 0 Å². The fraction of sp³-hybridized carbons (Fsp3) is 0.333. The van der Waals surface area contributed by atoms with Crippen molar-refractivity contribution in [2.75, 3.05) is 11.5 Å². The third-order valence-corrected chi connectivity index (χ3v) is 6.67. The van der Waals surface area contributed by atoms with E-state index in [0.29, 0.717) is 11.5 Å². The molecule has 0 aromatic heterocycles. The second kappa shape index (κ2) is 10.9. The molecule has 24 heavy (non-hydrogen) atoms. The quantitative estimate of drug-likeness (QED) is 0.511. The molecule has 0 fully saturated rings. The van der Waals surface area contributed by atoms with Crippen LogP contribution in [0.25, 0.3) is 0 Å². The van der Waals surface area contributed by atoms with Crippen LogP contribution >= 0.6 is 55.4 Å².